The van der Waals surface area contributed by atoms with Crippen LogP contribution in [0, 0.1) is 5.82 Å². The van der Waals surface area contributed by atoms with Gasteiger partial charge < -0.3 is 19.1 Å². The average Bonchev–Trinajstić information content (AvgIpc) is 2.96. The standard InChI is InChI=1S/C20H18ClF4NO4/c1-28-16-8-7-14(22)18(29-2)17(16)15-9-13(21)19(27)26(15)10-11-3-5-12(6-4-11)30-20(23,24)25/h3-8,13,15H,9-10H2,1-2H3/t13-,15+/m0/s1. The number of hydrogen-bond acceptors (Lipinski definition) is 4. The Balaban J connectivity index is 1.92. The predicted molar refractivity (Wildman–Crippen MR) is 100 cm³/mol. The molecule has 0 aliphatic carbocycles. The van der Waals surface area contributed by atoms with Gasteiger partial charge in [-0.3, -0.25) is 4.79 Å². The Morgan fingerprint density at radius 1 is 1.10 bits per heavy atom. The molecule has 1 aliphatic heterocycles. The molecule has 2 aromatic rings. The van der Waals surface area contributed by atoms with Gasteiger partial charge in [-0.25, -0.2) is 4.39 Å². The van der Waals surface area contributed by atoms with E-state index in [0.717, 1.165) is 12.1 Å². The van der Waals surface area contributed by atoms with Crippen molar-refractivity contribution < 1.29 is 36.6 Å². The van der Waals surface area contributed by atoms with Crippen LogP contribution < -0.4 is 14.2 Å². The molecule has 1 aliphatic rings. The van der Waals surface area contributed by atoms with Gasteiger partial charge >= 0.3 is 6.36 Å². The highest BCUT2D eigenvalue weighted by Gasteiger charge is 2.42. The van der Waals surface area contributed by atoms with E-state index in [0.29, 0.717) is 16.9 Å². The highest BCUT2D eigenvalue weighted by atomic mass is 35.5. The van der Waals surface area contributed by atoms with Crippen molar-refractivity contribution in [2.24, 2.45) is 0 Å². The number of rotatable bonds is 6. The molecule has 0 spiro atoms. The lowest BCUT2D eigenvalue weighted by Gasteiger charge is -2.28. The molecule has 30 heavy (non-hydrogen) atoms. The molecule has 162 valence electrons. The molecule has 3 rings (SSSR count). The molecule has 1 fully saturated rings. The van der Waals surface area contributed by atoms with Gasteiger partial charge in [-0.05, 0) is 36.2 Å². The van der Waals surface area contributed by atoms with E-state index in [1.165, 1.54) is 43.4 Å². The third-order valence-electron chi connectivity index (χ3n) is 4.73. The van der Waals surface area contributed by atoms with Crippen molar-refractivity contribution >= 4 is 17.5 Å². The molecule has 0 bridgehead atoms. The number of ether oxygens (including phenoxy) is 3. The maximum atomic E-state index is 14.3. The number of benzene rings is 2. The average molecular weight is 448 g/mol. The first kappa shape index (κ1) is 22.0. The van der Waals surface area contributed by atoms with Gasteiger partial charge in [0, 0.05) is 6.54 Å². The molecule has 0 unspecified atom stereocenters. The third-order valence-corrected chi connectivity index (χ3v) is 5.10. The maximum Gasteiger partial charge on any atom is 0.573 e. The summed E-state index contributed by atoms with van der Waals surface area (Å²) in [7, 11) is 2.72. The van der Waals surface area contributed by atoms with Crippen molar-refractivity contribution in [2.75, 3.05) is 14.2 Å². The topological polar surface area (TPSA) is 48.0 Å². The molecule has 1 saturated heterocycles. The van der Waals surface area contributed by atoms with Gasteiger partial charge in [0.1, 0.15) is 16.9 Å². The zero-order valence-electron chi connectivity index (χ0n) is 16.0. The van der Waals surface area contributed by atoms with Gasteiger partial charge in [0.2, 0.25) is 5.91 Å². The second-order valence-electron chi connectivity index (χ2n) is 6.57. The number of hydrogen-bond donors (Lipinski definition) is 0. The number of likely N-dealkylation sites (tertiary alicyclic amines) is 1. The molecule has 0 N–H and O–H groups in total. The first-order valence-corrected chi connectivity index (χ1v) is 9.28. The SMILES string of the molecule is COc1ccc(F)c(OC)c1[C@H]1C[C@H](Cl)C(=O)N1Cc1ccc(OC(F)(F)F)cc1. The molecule has 10 heteroatoms. The summed E-state index contributed by atoms with van der Waals surface area (Å²) < 4.78 is 65.7. The predicted octanol–water partition coefficient (Wildman–Crippen LogP) is 4.82. The van der Waals surface area contributed by atoms with E-state index in [9.17, 15) is 22.4 Å². The number of carbonyl (C=O) groups excluding carboxylic acids is 1. The monoisotopic (exact) mass is 447 g/mol. The van der Waals surface area contributed by atoms with Gasteiger partial charge in [0.15, 0.2) is 11.6 Å². The van der Waals surface area contributed by atoms with E-state index in [1.54, 1.807) is 0 Å². The van der Waals surface area contributed by atoms with Crippen LogP contribution in [0.15, 0.2) is 36.4 Å². The molecule has 2 atom stereocenters. The number of methoxy groups -OCH3 is 2. The summed E-state index contributed by atoms with van der Waals surface area (Å²) in [6.07, 6.45) is -4.61. The summed E-state index contributed by atoms with van der Waals surface area (Å²) in [5.74, 6) is -1.11. The lowest BCUT2D eigenvalue weighted by Crippen LogP contribution is -2.29. The highest BCUT2D eigenvalue weighted by Crippen LogP contribution is 2.45. The number of halogens is 5. The van der Waals surface area contributed by atoms with E-state index in [4.69, 9.17) is 21.1 Å². The summed E-state index contributed by atoms with van der Waals surface area (Å²) in [4.78, 5) is 14.1. The van der Waals surface area contributed by atoms with E-state index in [1.807, 2.05) is 0 Å². The van der Waals surface area contributed by atoms with Crippen LogP contribution >= 0.6 is 11.6 Å². The van der Waals surface area contributed by atoms with Crippen LogP contribution in [0.25, 0.3) is 0 Å². The molecule has 0 radical (unpaired) electrons. The molecule has 0 saturated carbocycles. The van der Waals surface area contributed by atoms with Crippen molar-refractivity contribution in [2.45, 2.75) is 30.7 Å². The highest BCUT2D eigenvalue weighted by molar-refractivity contribution is 6.31. The van der Waals surface area contributed by atoms with Crippen LogP contribution in [-0.4, -0.2) is 36.8 Å². The first-order valence-electron chi connectivity index (χ1n) is 8.84. The molecular formula is C20H18ClF4NO4. The van der Waals surface area contributed by atoms with Crippen molar-refractivity contribution in [3.63, 3.8) is 0 Å². The number of nitrogens with zero attached hydrogens (tertiary/aromatic N) is 1. The minimum absolute atomic E-state index is 0.0435. The molecule has 2 aromatic carbocycles. The molecule has 5 nitrogen and oxygen atoms in total. The van der Waals surface area contributed by atoms with Gasteiger partial charge in [0.25, 0.3) is 0 Å². The van der Waals surface area contributed by atoms with Crippen LogP contribution in [0.5, 0.6) is 17.2 Å². The number of alkyl halides is 4. The van der Waals surface area contributed by atoms with Crippen LogP contribution in [0.1, 0.15) is 23.6 Å². The molecule has 0 aromatic heterocycles. The molecular weight excluding hydrogens is 430 g/mol. The Morgan fingerprint density at radius 3 is 2.33 bits per heavy atom. The second-order valence-corrected chi connectivity index (χ2v) is 7.10. The Labute approximate surface area is 175 Å². The van der Waals surface area contributed by atoms with Crippen molar-refractivity contribution in [3.05, 3.63) is 53.3 Å². The quantitative estimate of drug-likeness (QED) is 0.470. The van der Waals surface area contributed by atoms with Gasteiger partial charge in [0.05, 0.1) is 25.8 Å². The maximum absolute atomic E-state index is 14.3. The number of carbonyl (C=O) groups is 1. The van der Waals surface area contributed by atoms with E-state index in [-0.39, 0.29) is 30.4 Å². The van der Waals surface area contributed by atoms with Crippen molar-refractivity contribution in [3.8, 4) is 17.2 Å². The lowest BCUT2D eigenvalue weighted by atomic mass is 10.0. The number of amides is 1. The second kappa shape index (κ2) is 8.59. The lowest BCUT2D eigenvalue weighted by molar-refractivity contribution is -0.274. The summed E-state index contributed by atoms with van der Waals surface area (Å²) in [5, 5.41) is -0.847. The van der Waals surface area contributed by atoms with Crippen molar-refractivity contribution in [1.29, 1.82) is 0 Å². The molecule has 1 amide bonds. The Morgan fingerprint density at radius 2 is 1.77 bits per heavy atom. The fourth-order valence-corrected chi connectivity index (χ4v) is 3.76. The first-order chi connectivity index (χ1) is 14.1. The van der Waals surface area contributed by atoms with Crippen LogP contribution in [0.4, 0.5) is 17.6 Å². The van der Waals surface area contributed by atoms with Gasteiger partial charge in [-0.2, -0.15) is 0 Å². The normalized spacial score (nSPS) is 19.2. The Hall–Kier alpha value is -2.68. The van der Waals surface area contributed by atoms with Crippen LogP contribution in [0.3, 0.4) is 0 Å². The Bertz CT molecular complexity index is 920. The summed E-state index contributed by atoms with van der Waals surface area (Å²) in [6, 6.07) is 7.10. The zero-order chi connectivity index (χ0) is 22.1. The largest absolute Gasteiger partial charge is 0.573 e. The summed E-state index contributed by atoms with van der Waals surface area (Å²) >= 11 is 6.19. The fraction of sp³-hybridized carbons (Fsp3) is 0.350. The Kier molecular flexibility index (Phi) is 6.30. The zero-order valence-corrected chi connectivity index (χ0v) is 16.8. The van der Waals surface area contributed by atoms with Crippen LogP contribution in [-0.2, 0) is 11.3 Å². The van der Waals surface area contributed by atoms with Crippen molar-refractivity contribution in [1.82, 2.24) is 4.90 Å². The smallest absolute Gasteiger partial charge is 0.496 e. The minimum atomic E-state index is -4.80. The van der Waals surface area contributed by atoms with Crippen LogP contribution in [0.2, 0.25) is 0 Å². The van der Waals surface area contributed by atoms with E-state index >= 15 is 0 Å². The third kappa shape index (κ3) is 4.56. The van der Waals surface area contributed by atoms with E-state index < -0.39 is 23.6 Å². The van der Waals surface area contributed by atoms with Gasteiger partial charge in [-0.15, -0.1) is 24.8 Å². The summed E-state index contributed by atoms with van der Waals surface area (Å²) in [5.41, 5.74) is 0.886. The fourth-order valence-electron chi connectivity index (χ4n) is 3.47. The van der Waals surface area contributed by atoms with Gasteiger partial charge in [-0.1, -0.05) is 12.1 Å². The molecule has 1 heterocycles. The van der Waals surface area contributed by atoms with E-state index in [2.05, 4.69) is 4.74 Å². The summed E-state index contributed by atoms with van der Waals surface area (Å²) in [6.45, 7) is 0.0435. The minimum Gasteiger partial charge on any atom is -0.496 e.